The quantitative estimate of drug-likeness (QED) is 0.657. The van der Waals surface area contributed by atoms with Gasteiger partial charge in [0, 0.05) is 31.2 Å². The maximum Gasteiger partial charge on any atom is 0.335 e. The predicted octanol–water partition coefficient (Wildman–Crippen LogP) is 1.09. The van der Waals surface area contributed by atoms with Crippen LogP contribution >= 0.6 is 15.9 Å². The topological polar surface area (TPSA) is 81.6 Å². The van der Waals surface area contributed by atoms with Crippen molar-refractivity contribution in [3.8, 4) is 5.75 Å². The van der Waals surface area contributed by atoms with Gasteiger partial charge in [-0.3, -0.25) is 0 Å². The number of carboxylic acids is 1. The average Bonchev–Trinajstić information content (AvgIpc) is 2.33. The molecule has 0 amide bonds. The molecule has 0 radical (unpaired) electrons. The van der Waals surface area contributed by atoms with Crippen LogP contribution in [0.15, 0.2) is 16.6 Å². The fourth-order valence-corrected chi connectivity index (χ4v) is 2.36. The first-order chi connectivity index (χ1) is 8.09. The highest BCUT2D eigenvalue weighted by Crippen LogP contribution is 2.33. The number of piperazine rings is 1. The molecule has 1 saturated heterocycles. The Kier molecular flexibility index (Phi) is 3.66. The van der Waals surface area contributed by atoms with Crippen molar-refractivity contribution in [2.24, 2.45) is 0 Å². The molecule has 0 aromatic heterocycles. The van der Waals surface area contributed by atoms with Crippen LogP contribution in [0.25, 0.3) is 0 Å². The van der Waals surface area contributed by atoms with Crippen molar-refractivity contribution >= 4 is 21.9 Å². The molecule has 0 unspecified atom stereocenters. The first-order valence-electron chi connectivity index (χ1n) is 5.29. The van der Waals surface area contributed by atoms with Crippen LogP contribution in [-0.2, 0) is 0 Å². The molecule has 1 atom stereocenters. The molecule has 2 rings (SSSR count). The van der Waals surface area contributed by atoms with Gasteiger partial charge in [0.05, 0.1) is 10.0 Å². The molecule has 1 aliphatic heterocycles. The Morgan fingerprint density at radius 1 is 1.41 bits per heavy atom. The normalized spacial score (nSPS) is 20.2. The number of nitrogens with one attached hydrogen (secondary N) is 2. The summed E-state index contributed by atoms with van der Waals surface area (Å²) in [4.78, 5) is 11.0. The number of carbonyl (C=O) groups is 1. The fourth-order valence-electron chi connectivity index (χ4n) is 1.88. The van der Waals surface area contributed by atoms with Crippen molar-refractivity contribution < 1.29 is 15.0 Å². The van der Waals surface area contributed by atoms with Crippen LogP contribution in [-0.4, -0.2) is 35.8 Å². The van der Waals surface area contributed by atoms with E-state index in [1.54, 1.807) is 0 Å². The molecular weight excluding hydrogens is 288 g/mol. The summed E-state index contributed by atoms with van der Waals surface area (Å²) >= 11 is 3.17. The summed E-state index contributed by atoms with van der Waals surface area (Å²) < 4.78 is 0.403. The second-order valence-electron chi connectivity index (χ2n) is 3.91. The summed E-state index contributed by atoms with van der Waals surface area (Å²) in [6.07, 6.45) is 0. The van der Waals surface area contributed by atoms with E-state index in [0.717, 1.165) is 13.1 Å². The number of hydrogen-bond donors (Lipinski definition) is 4. The van der Waals surface area contributed by atoms with E-state index in [0.29, 0.717) is 16.6 Å². The van der Waals surface area contributed by atoms with Gasteiger partial charge in [-0.2, -0.15) is 0 Å². The summed E-state index contributed by atoms with van der Waals surface area (Å²) in [7, 11) is 0. The third-order valence-electron chi connectivity index (χ3n) is 2.76. The molecule has 6 heteroatoms. The van der Waals surface area contributed by atoms with Crippen molar-refractivity contribution in [3.63, 3.8) is 0 Å². The molecule has 1 heterocycles. The lowest BCUT2D eigenvalue weighted by molar-refractivity contribution is 0.0696. The summed E-state index contributed by atoms with van der Waals surface area (Å²) in [5.41, 5.74) is 0.765. The predicted molar refractivity (Wildman–Crippen MR) is 66.4 cm³/mol. The molecule has 5 nitrogen and oxygen atoms in total. The van der Waals surface area contributed by atoms with Crippen LogP contribution in [0.1, 0.15) is 22.0 Å². The van der Waals surface area contributed by atoms with Gasteiger partial charge in [0.1, 0.15) is 5.75 Å². The maximum atomic E-state index is 11.0. The van der Waals surface area contributed by atoms with Gasteiger partial charge in [0.15, 0.2) is 0 Å². The van der Waals surface area contributed by atoms with Crippen molar-refractivity contribution in [3.05, 3.63) is 27.7 Å². The van der Waals surface area contributed by atoms with Crippen LogP contribution in [0.5, 0.6) is 5.75 Å². The third kappa shape index (κ3) is 2.59. The highest BCUT2D eigenvalue weighted by molar-refractivity contribution is 9.10. The molecule has 1 aromatic carbocycles. The van der Waals surface area contributed by atoms with Gasteiger partial charge >= 0.3 is 5.97 Å². The third-order valence-corrected chi connectivity index (χ3v) is 3.36. The summed E-state index contributed by atoms with van der Waals surface area (Å²) in [5.74, 6) is -0.910. The van der Waals surface area contributed by atoms with E-state index < -0.39 is 5.97 Å². The summed E-state index contributed by atoms with van der Waals surface area (Å²) in [6, 6.07) is 2.84. The summed E-state index contributed by atoms with van der Waals surface area (Å²) in [6.45, 7) is 2.33. The van der Waals surface area contributed by atoms with Gasteiger partial charge in [0.2, 0.25) is 0 Å². The largest absolute Gasteiger partial charge is 0.506 e. The number of benzene rings is 1. The van der Waals surface area contributed by atoms with Gasteiger partial charge in [-0.25, -0.2) is 4.79 Å². The minimum absolute atomic E-state index is 0.0700. The van der Waals surface area contributed by atoms with Crippen LogP contribution in [0.3, 0.4) is 0 Å². The highest BCUT2D eigenvalue weighted by Gasteiger charge is 2.21. The van der Waals surface area contributed by atoms with E-state index in [4.69, 9.17) is 5.11 Å². The van der Waals surface area contributed by atoms with Crippen LogP contribution < -0.4 is 10.6 Å². The van der Waals surface area contributed by atoms with E-state index in [-0.39, 0.29) is 17.4 Å². The van der Waals surface area contributed by atoms with Crippen LogP contribution in [0, 0.1) is 0 Å². The lowest BCUT2D eigenvalue weighted by Gasteiger charge is -2.26. The minimum Gasteiger partial charge on any atom is -0.506 e. The van der Waals surface area contributed by atoms with Gasteiger partial charge in [-0.05, 0) is 28.1 Å². The number of phenols is 1. The van der Waals surface area contributed by atoms with Gasteiger partial charge in [0.25, 0.3) is 0 Å². The fraction of sp³-hybridized carbons (Fsp3) is 0.364. The Bertz CT molecular complexity index is 445. The number of rotatable bonds is 2. The Morgan fingerprint density at radius 2 is 2.18 bits per heavy atom. The van der Waals surface area contributed by atoms with Gasteiger partial charge < -0.3 is 20.8 Å². The van der Waals surface area contributed by atoms with E-state index >= 15 is 0 Å². The molecule has 1 aliphatic rings. The van der Waals surface area contributed by atoms with Crippen molar-refractivity contribution in [2.75, 3.05) is 19.6 Å². The first kappa shape index (κ1) is 12.3. The standard InChI is InChI=1S/C11H13BrN2O3/c12-8-4-6(11(16)17)3-7(10(8)15)9-5-13-1-2-14-9/h3-4,9,13-15H,1-2,5H2,(H,16,17)/t9-/m0/s1. The van der Waals surface area contributed by atoms with E-state index in [1.165, 1.54) is 12.1 Å². The Hall–Kier alpha value is -1.11. The Balaban J connectivity index is 2.40. The van der Waals surface area contributed by atoms with E-state index in [1.807, 2.05) is 0 Å². The van der Waals surface area contributed by atoms with Crippen molar-refractivity contribution in [2.45, 2.75) is 6.04 Å². The Labute approximate surface area is 107 Å². The number of aromatic carboxylic acids is 1. The molecule has 92 valence electrons. The molecule has 17 heavy (non-hydrogen) atoms. The number of aromatic hydroxyl groups is 1. The number of phenolic OH excluding ortho intramolecular Hbond substituents is 1. The molecule has 4 N–H and O–H groups in total. The zero-order chi connectivity index (χ0) is 12.4. The van der Waals surface area contributed by atoms with Gasteiger partial charge in [-0.15, -0.1) is 0 Å². The Morgan fingerprint density at radius 3 is 2.76 bits per heavy atom. The monoisotopic (exact) mass is 300 g/mol. The SMILES string of the molecule is O=C(O)c1cc(Br)c(O)c([C@@H]2CNCCN2)c1. The second kappa shape index (κ2) is 5.03. The minimum atomic E-state index is -1.00. The zero-order valence-corrected chi connectivity index (χ0v) is 10.6. The highest BCUT2D eigenvalue weighted by atomic mass is 79.9. The maximum absolute atomic E-state index is 11.0. The van der Waals surface area contributed by atoms with Gasteiger partial charge in [-0.1, -0.05) is 0 Å². The van der Waals surface area contributed by atoms with E-state index in [9.17, 15) is 9.90 Å². The molecule has 1 fully saturated rings. The first-order valence-corrected chi connectivity index (χ1v) is 6.08. The molecular formula is C11H13BrN2O3. The second-order valence-corrected chi connectivity index (χ2v) is 4.77. The number of hydrogen-bond acceptors (Lipinski definition) is 4. The zero-order valence-electron chi connectivity index (χ0n) is 9.03. The van der Waals surface area contributed by atoms with Crippen molar-refractivity contribution in [1.29, 1.82) is 0 Å². The average molecular weight is 301 g/mol. The lowest BCUT2D eigenvalue weighted by Crippen LogP contribution is -2.42. The smallest absolute Gasteiger partial charge is 0.335 e. The van der Waals surface area contributed by atoms with Crippen molar-refractivity contribution in [1.82, 2.24) is 10.6 Å². The summed E-state index contributed by atoms with van der Waals surface area (Å²) in [5, 5.41) is 25.4. The van der Waals surface area contributed by atoms with E-state index in [2.05, 4.69) is 26.6 Å². The molecule has 0 aliphatic carbocycles. The molecule has 0 spiro atoms. The van der Waals surface area contributed by atoms with Crippen LogP contribution in [0.4, 0.5) is 0 Å². The van der Waals surface area contributed by atoms with Crippen LogP contribution in [0.2, 0.25) is 0 Å². The molecule has 0 saturated carbocycles. The number of carboxylic acid groups (broad SMARTS) is 1. The number of halogens is 1. The lowest BCUT2D eigenvalue weighted by atomic mass is 10.0. The molecule has 1 aromatic rings. The molecule has 0 bridgehead atoms.